The van der Waals surface area contributed by atoms with Crippen LogP contribution in [-0.4, -0.2) is 28.8 Å². The zero-order valence-electron chi connectivity index (χ0n) is 12.5. The molecular formula is C16H17N3O3. The summed E-state index contributed by atoms with van der Waals surface area (Å²) in [6, 6.07) is 9.26. The molecule has 0 atom stereocenters. The number of aryl methyl sites for hydroxylation is 1. The predicted molar refractivity (Wildman–Crippen MR) is 80.6 cm³/mol. The fraction of sp³-hybridized carbons (Fsp3) is 0.312. The molecule has 114 valence electrons. The quantitative estimate of drug-likeness (QED) is 0.693. The molecule has 0 radical (unpaired) electrons. The summed E-state index contributed by atoms with van der Waals surface area (Å²) in [5.74, 6) is -0.780. The highest BCUT2D eigenvalue weighted by atomic mass is 16.5. The SMILES string of the molecule is COC(=O)C1(C(=O)Nc2cccc(-n3nccc3C)c2)CC1. The standard InChI is InChI=1S/C16H17N3O3/c1-11-6-9-17-19(11)13-5-3-4-12(10-13)18-14(20)16(7-8-16)15(21)22-2/h3-6,9-10H,7-8H2,1-2H3,(H,18,20). The maximum absolute atomic E-state index is 12.3. The van der Waals surface area contributed by atoms with Gasteiger partial charge in [0.15, 0.2) is 0 Å². The molecule has 0 saturated heterocycles. The number of amides is 1. The van der Waals surface area contributed by atoms with Gasteiger partial charge in [0, 0.05) is 17.6 Å². The number of nitrogens with zero attached hydrogens (tertiary/aromatic N) is 2. The van der Waals surface area contributed by atoms with Crippen LogP contribution in [0.15, 0.2) is 36.5 Å². The van der Waals surface area contributed by atoms with Crippen molar-refractivity contribution in [2.24, 2.45) is 5.41 Å². The topological polar surface area (TPSA) is 73.2 Å². The molecule has 1 saturated carbocycles. The third-order valence-electron chi connectivity index (χ3n) is 3.94. The Morgan fingerprint density at radius 2 is 2.09 bits per heavy atom. The largest absolute Gasteiger partial charge is 0.468 e. The molecule has 6 nitrogen and oxygen atoms in total. The van der Waals surface area contributed by atoms with Crippen molar-refractivity contribution < 1.29 is 14.3 Å². The summed E-state index contributed by atoms with van der Waals surface area (Å²) in [7, 11) is 1.30. The summed E-state index contributed by atoms with van der Waals surface area (Å²) in [6.45, 7) is 1.95. The second-order valence-electron chi connectivity index (χ2n) is 5.46. The molecule has 1 fully saturated rings. The third-order valence-corrected chi connectivity index (χ3v) is 3.94. The minimum Gasteiger partial charge on any atom is -0.468 e. The van der Waals surface area contributed by atoms with E-state index in [1.807, 2.05) is 31.2 Å². The first-order valence-corrected chi connectivity index (χ1v) is 7.08. The van der Waals surface area contributed by atoms with E-state index in [-0.39, 0.29) is 5.91 Å². The lowest BCUT2D eigenvalue weighted by Gasteiger charge is -2.14. The number of rotatable bonds is 4. The second-order valence-corrected chi connectivity index (χ2v) is 5.46. The van der Waals surface area contributed by atoms with Gasteiger partial charge in [-0.25, -0.2) is 4.68 Å². The van der Waals surface area contributed by atoms with Gasteiger partial charge >= 0.3 is 5.97 Å². The Morgan fingerprint density at radius 3 is 2.68 bits per heavy atom. The average Bonchev–Trinajstić information content (AvgIpc) is 3.23. The van der Waals surface area contributed by atoms with Gasteiger partial charge in [-0.2, -0.15) is 5.10 Å². The predicted octanol–water partition coefficient (Wildman–Crippen LogP) is 2.07. The summed E-state index contributed by atoms with van der Waals surface area (Å²) in [5, 5.41) is 7.04. The number of hydrogen-bond acceptors (Lipinski definition) is 4. The molecule has 1 aliphatic carbocycles. The molecule has 1 aromatic heterocycles. The van der Waals surface area contributed by atoms with Crippen molar-refractivity contribution in [3.8, 4) is 5.69 Å². The van der Waals surface area contributed by atoms with Crippen molar-refractivity contribution in [2.75, 3.05) is 12.4 Å². The number of anilines is 1. The maximum Gasteiger partial charge on any atom is 0.321 e. The van der Waals surface area contributed by atoms with Crippen LogP contribution < -0.4 is 5.32 Å². The van der Waals surface area contributed by atoms with Crippen LogP contribution in [0.25, 0.3) is 5.69 Å². The number of ether oxygens (including phenoxy) is 1. The van der Waals surface area contributed by atoms with E-state index in [2.05, 4.69) is 10.4 Å². The molecule has 0 spiro atoms. The van der Waals surface area contributed by atoms with Gasteiger partial charge in [-0.3, -0.25) is 9.59 Å². The maximum atomic E-state index is 12.3. The third kappa shape index (κ3) is 2.36. The first-order chi connectivity index (χ1) is 10.6. The lowest BCUT2D eigenvalue weighted by atomic mass is 10.1. The molecule has 2 aromatic rings. The fourth-order valence-electron chi connectivity index (χ4n) is 2.45. The normalized spacial score (nSPS) is 15.2. The van der Waals surface area contributed by atoms with Gasteiger partial charge in [-0.1, -0.05) is 6.07 Å². The Morgan fingerprint density at radius 1 is 1.32 bits per heavy atom. The first-order valence-electron chi connectivity index (χ1n) is 7.08. The molecule has 22 heavy (non-hydrogen) atoms. The van der Waals surface area contributed by atoms with Crippen LogP contribution >= 0.6 is 0 Å². The van der Waals surface area contributed by atoms with Crippen molar-refractivity contribution in [2.45, 2.75) is 19.8 Å². The highest BCUT2D eigenvalue weighted by Gasteiger charge is 2.57. The molecule has 0 bridgehead atoms. The van der Waals surface area contributed by atoms with E-state index in [4.69, 9.17) is 4.74 Å². The van der Waals surface area contributed by atoms with E-state index in [0.29, 0.717) is 18.5 Å². The lowest BCUT2D eigenvalue weighted by Crippen LogP contribution is -2.32. The molecular weight excluding hydrogens is 282 g/mol. The highest BCUT2D eigenvalue weighted by Crippen LogP contribution is 2.47. The summed E-state index contributed by atoms with van der Waals surface area (Å²) in [4.78, 5) is 24.1. The van der Waals surface area contributed by atoms with E-state index < -0.39 is 11.4 Å². The molecule has 1 aliphatic rings. The van der Waals surface area contributed by atoms with Crippen molar-refractivity contribution in [1.82, 2.24) is 9.78 Å². The Balaban J connectivity index is 1.81. The first kappa shape index (κ1) is 14.3. The van der Waals surface area contributed by atoms with Crippen LogP contribution in [0, 0.1) is 12.3 Å². The number of nitrogens with one attached hydrogen (secondary N) is 1. The smallest absolute Gasteiger partial charge is 0.321 e. The van der Waals surface area contributed by atoms with Gasteiger partial charge < -0.3 is 10.1 Å². The summed E-state index contributed by atoms with van der Waals surface area (Å²) < 4.78 is 6.50. The highest BCUT2D eigenvalue weighted by molar-refractivity contribution is 6.11. The number of methoxy groups -OCH3 is 1. The molecule has 1 heterocycles. The van der Waals surface area contributed by atoms with Gasteiger partial charge in [-0.15, -0.1) is 0 Å². The van der Waals surface area contributed by atoms with E-state index in [0.717, 1.165) is 11.4 Å². The van der Waals surface area contributed by atoms with Gasteiger partial charge in [-0.05, 0) is 44.0 Å². The number of benzene rings is 1. The monoisotopic (exact) mass is 299 g/mol. The average molecular weight is 299 g/mol. The van der Waals surface area contributed by atoms with Crippen molar-refractivity contribution in [1.29, 1.82) is 0 Å². The molecule has 6 heteroatoms. The molecule has 0 unspecified atom stereocenters. The zero-order chi connectivity index (χ0) is 15.7. The Kier molecular flexibility index (Phi) is 3.44. The van der Waals surface area contributed by atoms with Gasteiger partial charge in [0.05, 0.1) is 12.8 Å². The van der Waals surface area contributed by atoms with Crippen LogP contribution in [0.3, 0.4) is 0 Å². The lowest BCUT2D eigenvalue weighted by molar-refractivity contribution is -0.150. The van der Waals surface area contributed by atoms with Crippen molar-refractivity contribution in [3.05, 3.63) is 42.2 Å². The van der Waals surface area contributed by atoms with Crippen molar-refractivity contribution in [3.63, 3.8) is 0 Å². The number of carbonyl (C=O) groups excluding carboxylic acids is 2. The molecule has 3 rings (SSSR count). The number of aromatic nitrogens is 2. The minimum atomic E-state index is -1.01. The number of hydrogen-bond donors (Lipinski definition) is 1. The van der Waals surface area contributed by atoms with E-state index in [9.17, 15) is 9.59 Å². The second kappa shape index (κ2) is 5.29. The summed E-state index contributed by atoms with van der Waals surface area (Å²) in [6.07, 6.45) is 2.78. The van der Waals surface area contributed by atoms with E-state index in [1.54, 1.807) is 16.9 Å². The number of esters is 1. The van der Waals surface area contributed by atoms with Gasteiger partial charge in [0.2, 0.25) is 5.91 Å². The zero-order valence-corrected chi connectivity index (χ0v) is 12.5. The van der Waals surface area contributed by atoms with E-state index >= 15 is 0 Å². The van der Waals surface area contributed by atoms with Crippen LogP contribution in [0.4, 0.5) is 5.69 Å². The molecule has 0 aliphatic heterocycles. The Hall–Kier alpha value is -2.63. The van der Waals surface area contributed by atoms with Crippen LogP contribution in [0.2, 0.25) is 0 Å². The van der Waals surface area contributed by atoms with Crippen LogP contribution in [0.5, 0.6) is 0 Å². The van der Waals surface area contributed by atoms with Crippen LogP contribution in [-0.2, 0) is 14.3 Å². The summed E-state index contributed by atoms with van der Waals surface area (Å²) in [5.41, 5.74) is 1.47. The van der Waals surface area contributed by atoms with E-state index in [1.165, 1.54) is 7.11 Å². The molecule has 1 N–H and O–H groups in total. The summed E-state index contributed by atoms with van der Waals surface area (Å²) >= 11 is 0. The minimum absolute atomic E-state index is 0.311. The molecule has 1 aromatic carbocycles. The Bertz CT molecular complexity index is 732. The Labute approximate surface area is 128 Å². The van der Waals surface area contributed by atoms with Crippen LogP contribution in [0.1, 0.15) is 18.5 Å². The number of carbonyl (C=O) groups is 2. The van der Waals surface area contributed by atoms with Gasteiger partial charge in [0.1, 0.15) is 5.41 Å². The van der Waals surface area contributed by atoms with Gasteiger partial charge in [0.25, 0.3) is 0 Å². The fourth-order valence-corrected chi connectivity index (χ4v) is 2.45. The molecule has 1 amide bonds. The van der Waals surface area contributed by atoms with Crippen molar-refractivity contribution >= 4 is 17.6 Å².